The molecule has 0 fully saturated rings. The third-order valence-corrected chi connectivity index (χ3v) is 2.19. The monoisotopic (exact) mass is 209 g/mol. The van der Waals surface area contributed by atoms with E-state index >= 15 is 0 Å². The molecular formula is C14H11NO. The second-order valence-corrected chi connectivity index (χ2v) is 3.38. The Labute approximate surface area is 94.3 Å². The van der Waals surface area contributed by atoms with Crippen molar-refractivity contribution in [2.24, 2.45) is 4.99 Å². The van der Waals surface area contributed by atoms with E-state index in [0.29, 0.717) is 5.56 Å². The van der Waals surface area contributed by atoms with E-state index in [1.165, 1.54) is 0 Å². The quantitative estimate of drug-likeness (QED) is 0.563. The zero-order valence-corrected chi connectivity index (χ0v) is 8.71. The van der Waals surface area contributed by atoms with Crippen LogP contribution in [0.3, 0.4) is 0 Å². The highest BCUT2D eigenvalue weighted by Gasteiger charge is 1.90. The fraction of sp³-hybridized carbons (Fsp3) is 0. The Morgan fingerprint density at radius 3 is 2.06 bits per heavy atom. The van der Waals surface area contributed by atoms with Gasteiger partial charge in [-0.1, -0.05) is 42.5 Å². The lowest BCUT2D eigenvalue weighted by molar-refractivity contribution is 0.112. The molecule has 0 aliphatic carbocycles. The number of nitrogens with zero attached hydrogens (tertiary/aromatic N) is 1. The number of rotatable bonds is 3. The molecule has 0 aromatic heterocycles. The average molecular weight is 209 g/mol. The number of benzene rings is 2. The first kappa shape index (κ1) is 10.3. The summed E-state index contributed by atoms with van der Waals surface area (Å²) in [5, 5.41) is 0. The van der Waals surface area contributed by atoms with Crippen LogP contribution in [0.1, 0.15) is 15.9 Å². The smallest absolute Gasteiger partial charge is 0.150 e. The van der Waals surface area contributed by atoms with Crippen LogP contribution in [0.4, 0.5) is 5.69 Å². The maximum Gasteiger partial charge on any atom is 0.150 e. The Balaban J connectivity index is 2.14. The molecule has 0 aliphatic heterocycles. The molecule has 2 aromatic rings. The SMILES string of the molecule is O=Cc1ccc(/C=N/c2ccccc2)cc1. The minimum absolute atomic E-state index is 0.678. The van der Waals surface area contributed by atoms with Gasteiger partial charge in [0.1, 0.15) is 6.29 Å². The van der Waals surface area contributed by atoms with Crippen LogP contribution in [0.25, 0.3) is 0 Å². The Bertz CT molecular complexity index is 486. The van der Waals surface area contributed by atoms with E-state index < -0.39 is 0 Å². The zero-order valence-electron chi connectivity index (χ0n) is 8.71. The summed E-state index contributed by atoms with van der Waals surface area (Å²) in [6.45, 7) is 0. The summed E-state index contributed by atoms with van der Waals surface area (Å²) in [4.78, 5) is 14.8. The Morgan fingerprint density at radius 2 is 1.44 bits per heavy atom. The molecule has 0 saturated carbocycles. The summed E-state index contributed by atoms with van der Waals surface area (Å²) in [5.74, 6) is 0. The first-order chi connectivity index (χ1) is 7.88. The molecule has 0 N–H and O–H groups in total. The third kappa shape index (κ3) is 2.64. The summed E-state index contributed by atoms with van der Waals surface area (Å²) >= 11 is 0. The second-order valence-electron chi connectivity index (χ2n) is 3.38. The number of hydrogen-bond acceptors (Lipinski definition) is 2. The molecule has 0 atom stereocenters. The number of carbonyl (C=O) groups excluding carboxylic acids is 1. The topological polar surface area (TPSA) is 29.4 Å². The number of aliphatic imine (C=N–C) groups is 1. The highest BCUT2D eigenvalue weighted by molar-refractivity contribution is 5.83. The molecule has 2 heteroatoms. The molecule has 2 rings (SSSR count). The Hall–Kier alpha value is -2.22. The number of para-hydroxylation sites is 1. The standard InChI is InChI=1S/C14H11NO/c16-11-13-8-6-12(7-9-13)10-15-14-4-2-1-3-5-14/h1-11H/b15-10+. The van der Waals surface area contributed by atoms with E-state index in [0.717, 1.165) is 17.5 Å². The van der Waals surface area contributed by atoms with Crippen LogP contribution in [-0.4, -0.2) is 12.5 Å². The molecule has 0 unspecified atom stereocenters. The number of aldehydes is 1. The maximum atomic E-state index is 10.5. The van der Waals surface area contributed by atoms with E-state index in [1.807, 2.05) is 42.5 Å². The van der Waals surface area contributed by atoms with Gasteiger partial charge in [-0.2, -0.15) is 0 Å². The zero-order chi connectivity index (χ0) is 11.2. The van der Waals surface area contributed by atoms with Gasteiger partial charge in [0, 0.05) is 11.8 Å². The Kier molecular flexibility index (Phi) is 3.24. The van der Waals surface area contributed by atoms with Gasteiger partial charge in [0.25, 0.3) is 0 Å². The van der Waals surface area contributed by atoms with Crippen molar-refractivity contribution >= 4 is 18.2 Å². The third-order valence-electron chi connectivity index (χ3n) is 2.19. The van der Waals surface area contributed by atoms with Crippen LogP contribution in [0.5, 0.6) is 0 Å². The lowest BCUT2D eigenvalue weighted by Crippen LogP contribution is -1.83. The summed E-state index contributed by atoms with van der Waals surface area (Å²) in [6.07, 6.45) is 2.61. The number of carbonyl (C=O) groups is 1. The predicted octanol–water partition coefficient (Wildman–Crippen LogP) is 3.25. The summed E-state index contributed by atoms with van der Waals surface area (Å²) < 4.78 is 0. The predicted molar refractivity (Wildman–Crippen MR) is 65.5 cm³/mol. The van der Waals surface area contributed by atoms with Gasteiger partial charge < -0.3 is 0 Å². The molecule has 2 aromatic carbocycles. The molecule has 2 nitrogen and oxygen atoms in total. The molecule has 0 heterocycles. The summed E-state index contributed by atoms with van der Waals surface area (Å²) in [7, 11) is 0. The first-order valence-electron chi connectivity index (χ1n) is 5.03. The van der Waals surface area contributed by atoms with E-state index in [2.05, 4.69) is 4.99 Å². The van der Waals surface area contributed by atoms with Crippen LogP contribution in [-0.2, 0) is 0 Å². The van der Waals surface area contributed by atoms with Gasteiger partial charge in [-0.25, -0.2) is 0 Å². The van der Waals surface area contributed by atoms with Gasteiger partial charge in [0.2, 0.25) is 0 Å². The van der Waals surface area contributed by atoms with Crippen LogP contribution in [0.2, 0.25) is 0 Å². The second kappa shape index (κ2) is 5.03. The molecular weight excluding hydrogens is 198 g/mol. The lowest BCUT2D eigenvalue weighted by Gasteiger charge is -1.94. The number of hydrogen-bond donors (Lipinski definition) is 0. The van der Waals surface area contributed by atoms with Crippen molar-refractivity contribution in [1.29, 1.82) is 0 Å². The molecule has 78 valence electrons. The minimum atomic E-state index is 0.678. The van der Waals surface area contributed by atoms with Crippen molar-refractivity contribution in [1.82, 2.24) is 0 Å². The van der Waals surface area contributed by atoms with Gasteiger partial charge in [0.15, 0.2) is 0 Å². The molecule has 0 saturated heterocycles. The van der Waals surface area contributed by atoms with Crippen molar-refractivity contribution in [2.75, 3.05) is 0 Å². The summed E-state index contributed by atoms with van der Waals surface area (Å²) in [5.41, 5.74) is 2.58. The molecule has 0 radical (unpaired) electrons. The maximum absolute atomic E-state index is 10.5. The van der Waals surface area contributed by atoms with Crippen LogP contribution in [0, 0.1) is 0 Å². The summed E-state index contributed by atoms with van der Waals surface area (Å²) in [6, 6.07) is 17.0. The van der Waals surface area contributed by atoms with Crippen molar-refractivity contribution in [3.05, 3.63) is 65.7 Å². The van der Waals surface area contributed by atoms with Gasteiger partial charge in [-0.3, -0.25) is 9.79 Å². The fourth-order valence-electron chi connectivity index (χ4n) is 1.32. The van der Waals surface area contributed by atoms with Crippen LogP contribution >= 0.6 is 0 Å². The van der Waals surface area contributed by atoms with Crippen LogP contribution in [0.15, 0.2) is 59.6 Å². The van der Waals surface area contributed by atoms with Gasteiger partial charge in [0.05, 0.1) is 5.69 Å². The van der Waals surface area contributed by atoms with Gasteiger partial charge in [-0.05, 0) is 17.7 Å². The molecule has 16 heavy (non-hydrogen) atoms. The van der Waals surface area contributed by atoms with E-state index in [-0.39, 0.29) is 0 Å². The minimum Gasteiger partial charge on any atom is -0.298 e. The largest absolute Gasteiger partial charge is 0.298 e. The molecule has 0 aliphatic rings. The van der Waals surface area contributed by atoms with Crippen molar-refractivity contribution < 1.29 is 4.79 Å². The fourth-order valence-corrected chi connectivity index (χ4v) is 1.32. The van der Waals surface area contributed by atoms with Gasteiger partial charge in [-0.15, -0.1) is 0 Å². The first-order valence-corrected chi connectivity index (χ1v) is 5.03. The molecule has 0 spiro atoms. The van der Waals surface area contributed by atoms with E-state index in [1.54, 1.807) is 18.3 Å². The van der Waals surface area contributed by atoms with Crippen molar-refractivity contribution in [3.63, 3.8) is 0 Å². The van der Waals surface area contributed by atoms with Crippen LogP contribution < -0.4 is 0 Å². The molecule has 0 amide bonds. The average Bonchev–Trinajstić information content (AvgIpc) is 2.38. The van der Waals surface area contributed by atoms with Crippen molar-refractivity contribution in [3.8, 4) is 0 Å². The van der Waals surface area contributed by atoms with E-state index in [9.17, 15) is 4.79 Å². The van der Waals surface area contributed by atoms with E-state index in [4.69, 9.17) is 0 Å². The van der Waals surface area contributed by atoms with Crippen molar-refractivity contribution in [2.45, 2.75) is 0 Å². The highest BCUT2D eigenvalue weighted by Crippen LogP contribution is 2.09. The normalized spacial score (nSPS) is 10.5. The van der Waals surface area contributed by atoms with Gasteiger partial charge >= 0.3 is 0 Å². The highest BCUT2D eigenvalue weighted by atomic mass is 16.1. The molecule has 0 bridgehead atoms. The lowest BCUT2D eigenvalue weighted by atomic mass is 10.2. The Morgan fingerprint density at radius 1 is 0.812 bits per heavy atom.